The minimum Gasteiger partial charge on any atom is -0.497 e. The first-order valence-corrected chi connectivity index (χ1v) is 5.91. The predicted octanol–water partition coefficient (Wildman–Crippen LogP) is 2.61. The minimum absolute atomic E-state index is 0.0172. The summed E-state index contributed by atoms with van der Waals surface area (Å²) in [5.41, 5.74) is 0.552. The van der Waals surface area contributed by atoms with Crippen LogP contribution in [0.1, 0.15) is 5.56 Å². The number of methoxy groups -OCH3 is 1. The summed E-state index contributed by atoms with van der Waals surface area (Å²) < 4.78 is 6.51. The molecule has 0 N–H and O–H groups in total. The van der Waals surface area contributed by atoms with E-state index in [0.29, 0.717) is 6.54 Å². The Morgan fingerprint density at radius 2 is 2.17 bits per heavy atom. The molecule has 0 aliphatic carbocycles. The second-order valence-corrected chi connectivity index (χ2v) is 4.37. The minimum atomic E-state index is -0.362. The third-order valence-corrected chi connectivity index (χ3v) is 3.15. The van der Waals surface area contributed by atoms with Gasteiger partial charge in [0.15, 0.2) is 5.15 Å². The van der Waals surface area contributed by atoms with Gasteiger partial charge in [-0.2, -0.15) is 0 Å². The van der Waals surface area contributed by atoms with Gasteiger partial charge in [-0.15, -0.1) is 0 Å². The quantitative estimate of drug-likeness (QED) is 0.814. The van der Waals surface area contributed by atoms with E-state index >= 15 is 0 Å². The van der Waals surface area contributed by atoms with Gasteiger partial charge in [0.25, 0.3) is 5.56 Å². The molecule has 6 heteroatoms. The number of hydrogen-bond acceptors (Lipinski definition) is 3. The van der Waals surface area contributed by atoms with E-state index in [9.17, 15) is 4.79 Å². The molecule has 0 radical (unpaired) electrons. The first kappa shape index (κ1) is 12.9. The zero-order valence-electron chi connectivity index (χ0n) is 9.56. The maximum atomic E-state index is 11.8. The van der Waals surface area contributed by atoms with E-state index in [-0.39, 0.29) is 15.7 Å². The van der Waals surface area contributed by atoms with Gasteiger partial charge in [-0.25, -0.2) is 4.98 Å². The molecule has 1 heterocycles. The second kappa shape index (κ2) is 5.42. The largest absolute Gasteiger partial charge is 0.497 e. The van der Waals surface area contributed by atoms with E-state index in [0.717, 1.165) is 11.3 Å². The van der Waals surface area contributed by atoms with Gasteiger partial charge in [0.2, 0.25) is 0 Å². The summed E-state index contributed by atoms with van der Waals surface area (Å²) in [7, 11) is 1.59. The molecule has 2 rings (SSSR count). The fourth-order valence-corrected chi connectivity index (χ4v) is 1.81. The predicted molar refractivity (Wildman–Crippen MR) is 70.6 cm³/mol. The van der Waals surface area contributed by atoms with Crippen molar-refractivity contribution in [3.05, 3.63) is 56.7 Å². The summed E-state index contributed by atoms with van der Waals surface area (Å²) in [5, 5.41) is -0.0504. The smallest absolute Gasteiger partial charge is 0.273 e. The molecule has 4 nitrogen and oxygen atoms in total. The highest BCUT2D eigenvalue weighted by molar-refractivity contribution is 6.40. The summed E-state index contributed by atoms with van der Waals surface area (Å²) in [5.74, 6) is 0.730. The Morgan fingerprint density at radius 3 is 2.89 bits per heavy atom. The molecule has 0 aliphatic rings. The number of hydrogen-bond donors (Lipinski definition) is 0. The Kier molecular flexibility index (Phi) is 3.89. The highest BCUT2D eigenvalue weighted by Crippen LogP contribution is 2.15. The summed E-state index contributed by atoms with van der Waals surface area (Å²) >= 11 is 11.4. The third-order valence-electron chi connectivity index (χ3n) is 2.43. The van der Waals surface area contributed by atoms with Crippen LogP contribution in [0.25, 0.3) is 0 Å². The fraction of sp³-hybridized carbons (Fsp3) is 0.167. The summed E-state index contributed by atoms with van der Waals surface area (Å²) in [6.07, 6.45) is 1.37. The normalized spacial score (nSPS) is 10.4. The highest BCUT2D eigenvalue weighted by Gasteiger charge is 2.07. The summed E-state index contributed by atoms with van der Waals surface area (Å²) in [6.45, 7) is 0.361. The van der Waals surface area contributed by atoms with Crippen LogP contribution in [0.3, 0.4) is 0 Å². The van der Waals surface area contributed by atoms with E-state index in [2.05, 4.69) is 4.98 Å². The van der Waals surface area contributed by atoms with Gasteiger partial charge in [-0.3, -0.25) is 9.36 Å². The molecule has 94 valence electrons. The van der Waals surface area contributed by atoms with Crippen molar-refractivity contribution in [2.45, 2.75) is 6.54 Å². The average Bonchev–Trinajstić information content (AvgIpc) is 2.40. The van der Waals surface area contributed by atoms with Gasteiger partial charge in [-0.05, 0) is 17.7 Å². The van der Waals surface area contributed by atoms with Crippen LogP contribution < -0.4 is 10.3 Å². The molecule has 0 amide bonds. The molecule has 0 aliphatic heterocycles. The molecule has 0 saturated heterocycles. The number of rotatable bonds is 3. The Bertz CT molecular complexity index is 626. The van der Waals surface area contributed by atoms with Crippen molar-refractivity contribution in [1.82, 2.24) is 9.55 Å². The number of nitrogens with zero attached hydrogens (tertiary/aromatic N) is 2. The maximum absolute atomic E-state index is 11.8. The lowest BCUT2D eigenvalue weighted by Gasteiger charge is -2.07. The van der Waals surface area contributed by atoms with Gasteiger partial charge in [-0.1, -0.05) is 35.3 Å². The van der Waals surface area contributed by atoms with Gasteiger partial charge >= 0.3 is 0 Å². The molecule has 1 aromatic carbocycles. The van der Waals surface area contributed by atoms with Crippen molar-refractivity contribution in [1.29, 1.82) is 0 Å². The first-order valence-electron chi connectivity index (χ1n) is 5.15. The molecular weight excluding hydrogens is 275 g/mol. The molecule has 18 heavy (non-hydrogen) atoms. The topological polar surface area (TPSA) is 44.1 Å². The molecule has 0 bridgehead atoms. The van der Waals surface area contributed by atoms with Crippen molar-refractivity contribution in [2.24, 2.45) is 0 Å². The highest BCUT2D eigenvalue weighted by atomic mass is 35.5. The van der Waals surface area contributed by atoms with E-state index in [1.54, 1.807) is 7.11 Å². The van der Waals surface area contributed by atoms with Crippen LogP contribution in [0, 0.1) is 0 Å². The maximum Gasteiger partial charge on any atom is 0.273 e. The standard InChI is InChI=1S/C12H10Cl2N2O2/c1-18-9-4-2-3-8(5-9)6-16-7-15-11(14)10(13)12(16)17/h2-5,7H,6H2,1H3. The van der Waals surface area contributed by atoms with Crippen molar-refractivity contribution in [3.8, 4) is 5.75 Å². The number of benzene rings is 1. The zero-order chi connectivity index (χ0) is 13.1. The van der Waals surface area contributed by atoms with Crippen LogP contribution in [-0.4, -0.2) is 16.7 Å². The lowest BCUT2D eigenvalue weighted by molar-refractivity contribution is 0.414. The number of ether oxygens (including phenoxy) is 1. The molecule has 1 aromatic heterocycles. The fourth-order valence-electron chi connectivity index (χ4n) is 1.52. The first-order chi connectivity index (χ1) is 8.61. The van der Waals surface area contributed by atoms with Gasteiger partial charge in [0.1, 0.15) is 10.8 Å². The number of halogens is 2. The van der Waals surface area contributed by atoms with Crippen molar-refractivity contribution in [3.63, 3.8) is 0 Å². The molecular formula is C12H10Cl2N2O2. The third kappa shape index (κ3) is 2.66. The zero-order valence-corrected chi connectivity index (χ0v) is 11.1. The lowest BCUT2D eigenvalue weighted by Crippen LogP contribution is -2.21. The monoisotopic (exact) mass is 284 g/mol. The molecule has 0 spiro atoms. The Balaban J connectivity index is 2.34. The van der Waals surface area contributed by atoms with Crippen molar-refractivity contribution in [2.75, 3.05) is 7.11 Å². The van der Waals surface area contributed by atoms with Gasteiger partial charge in [0, 0.05) is 0 Å². The molecule has 0 unspecified atom stereocenters. The van der Waals surface area contributed by atoms with E-state index in [4.69, 9.17) is 27.9 Å². The SMILES string of the molecule is COc1cccc(Cn2cnc(Cl)c(Cl)c2=O)c1. The Labute approximate surface area is 114 Å². The Morgan fingerprint density at radius 1 is 1.39 bits per heavy atom. The summed E-state index contributed by atoms with van der Waals surface area (Å²) in [6, 6.07) is 7.41. The van der Waals surface area contributed by atoms with Crippen LogP contribution in [-0.2, 0) is 6.54 Å². The van der Waals surface area contributed by atoms with Gasteiger partial charge in [0.05, 0.1) is 20.0 Å². The second-order valence-electron chi connectivity index (χ2n) is 3.63. The molecule has 0 fully saturated rings. The lowest BCUT2D eigenvalue weighted by atomic mass is 10.2. The van der Waals surface area contributed by atoms with Crippen molar-refractivity contribution >= 4 is 23.2 Å². The summed E-state index contributed by atoms with van der Waals surface area (Å²) in [4.78, 5) is 15.7. The average molecular weight is 285 g/mol. The number of aromatic nitrogens is 2. The van der Waals surface area contributed by atoms with E-state index < -0.39 is 0 Å². The van der Waals surface area contributed by atoms with E-state index in [1.165, 1.54) is 10.9 Å². The van der Waals surface area contributed by atoms with Crippen LogP contribution in [0.5, 0.6) is 5.75 Å². The van der Waals surface area contributed by atoms with Gasteiger partial charge < -0.3 is 4.74 Å². The van der Waals surface area contributed by atoms with Crippen molar-refractivity contribution < 1.29 is 4.74 Å². The Hall–Kier alpha value is -1.52. The van der Waals surface area contributed by atoms with Crippen LogP contribution in [0.15, 0.2) is 35.4 Å². The molecule has 2 aromatic rings. The van der Waals surface area contributed by atoms with Crippen LogP contribution in [0.2, 0.25) is 10.2 Å². The molecule has 0 atom stereocenters. The van der Waals surface area contributed by atoms with Crippen LogP contribution in [0.4, 0.5) is 0 Å². The van der Waals surface area contributed by atoms with Crippen LogP contribution >= 0.6 is 23.2 Å². The van der Waals surface area contributed by atoms with E-state index in [1.807, 2.05) is 24.3 Å². The molecule has 0 saturated carbocycles.